The van der Waals surface area contributed by atoms with Crippen molar-refractivity contribution < 1.29 is 23.0 Å². The van der Waals surface area contributed by atoms with E-state index in [2.05, 4.69) is 25.0 Å². The summed E-state index contributed by atoms with van der Waals surface area (Å²) >= 11 is 6.94. The second-order valence-electron chi connectivity index (χ2n) is 14.2. The Morgan fingerprint density at radius 1 is 1.17 bits per heavy atom. The molecule has 1 N–H and O–H groups in total. The van der Waals surface area contributed by atoms with Crippen LogP contribution in [0.5, 0.6) is 6.01 Å². The maximum Gasteiger partial charge on any atom is 0.409 e. The van der Waals surface area contributed by atoms with E-state index >= 15 is 4.39 Å². The number of aromatic amines is 1. The molecule has 1 aromatic carbocycles. The largest absolute Gasteiger partial charge is 0.461 e. The van der Waals surface area contributed by atoms with Crippen molar-refractivity contribution in [2.45, 2.75) is 68.6 Å². The van der Waals surface area contributed by atoms with Gasteiger partial charge in [0, 0.05) is 55.3 Å². The van der Waals surface area contributed by atoms with E-state index in [-0.39, 0.29) is 54.4 Å². The normalized spacial score (nSPS) is 28.9. The molecule has 1 aliphatic carbocycles. The van der Waals surface area contributed by atoms with Gasteiger partial charge < -0.3 is 19.3 Å². The number of likely N-dealkylation sites (N-methyl/N-ethyl adjacent to an activating group) is 1. The smallest absolute Gasteiger partial charge is 0.409 e. The Balaban J connectivity index is 1.21. The van der Waals surface area contributed by atoms with Crippen molar-refractivity contribution >= 4 is 45.3 Å². The fourth-order valence-corrected chi connectivity index (χ4v) is 9.12. The maximum absolute atomic E-state index is 17.2. The number of piperidine rings is 1. The van der Waals surface area contributed by atoms with Crippen LogP contribution in [0, 0.1) is 11.7 Å². The van der Waals surface area contributed by atoms with Crippen molar-refractivity contribution in [3.8, 4) is 17.3 Å². The van der Waals surface area contributed by atoms with Crippen molar-refractivity contribution in [2.75, 3.05) is 51.3 Å². The van der Waals surface area contributed by atoms with Crippen LogP contribution in [0.1, 0.15) is 56.4 Å². The molecule has 14 heteroatoms. The fraction of sp³-hybridized carbons (Fsp3) is 0.559. The quantitative estimate of drug-likeness (QED) is 0.285. The van der Waals surface area contributed by atoms with E-state index in [4.69, 9.17) is 31.0 Å². The highest BCUT2D eigenvalue weighted by atomic mass is 35.5. The molecule has 5 atom stereocenters. The fourth-order valence-electron chi connectivity index (χ4n) is 8.77. The van der Waals surface area contributed by atoms with Crippen LogP contribution >= 0.6 is 11.6 Å². The summed E-state index contributed by atoms with van der Waals surface area (Å²) in [6.07, 6.45) is 7.33. The number of hydrogen-bond acceptors (Lipinski definition) is 9. The van der Waals surface area contributed by atoms with Gasteiger partial charge in [0.1, 0.15) is 29.8 Å². The standard InChI is InChI=1S/C34H37ClF2N8O3/c1-43-20-4-2-7-44(16-20)31-23-13-38-30(28(37)29(23)40-32(41-31)48-17-34-6-3-8-45(34)15-19(36)12-34)27-22-14-39-42-25(22)11-24(35)26(27)21-10-18(21)5-9-47-33(43)46/h11,13-14,18-21H,2-10,12,15-17H2,1H3,(H,39,42)/t18-,19-,20-,21+,34+/m1/s1. The Kier molecular flexibility index (Phi) is 7.16. The van der Waals surface area contributed by atoms with Gasteiger partial charge in [-0.05, 0) is 68.5 Å². The van der Waals surface area contributed by atoms with Crippen LogP contribution in [0.4, 0.5) is 19.4 Å². The zero-order valence-electron chi connectivity index (χ0n) is 26.7. The van der Waals surface area contributed by atoms with Gasteiger partial charge in [0.25, 0.3) is 0 Å². The first-order chi connectivity index (χ1) is 23.3. The number of H-pyrrole nitrogens is 1. The molecule has 6 aliphatic rings. The molecule has 8 heterocycles. The van der Waals surface area contributed by atoms with Gasteiger partial charge in [-0.15, -0.1) is 0 Å². The molecule has 6 bridgehead atoms. The minimum atomic E-state index is -0.907. The molecule has 11 nitrogen and oxygen atoms in total. The van der Waals surface area contributed by atoms with Crippen LogP contribution in [0.15, 0.2) is 18.5 Å². The topological polar surface area (TPSA) is 113 Å². The van der Waals surface area contributed by atoms with Crippen LogP contribution in [-0.4, -0.2) is 105 Å². The number of ether oxygens (including phenoxy) is 2. The SMILES string of the molecule is CN1C(=O)OCC[C@@H]2C[C@@H]2c2c(Cl)cc3[nH]ncc3c2-c2ncc3c(nc(OC[C@@]45CCCN4C[C@H](F)C5)nc3c2F)N2CCC[C@@H]1C2. The van der Waals surface area contributed by atoms with Crippen LogP contribution in [0.25, 0.3) is 33.1 Å². The summed E-state index contributed by atoms with van der Waals surface area (Å²) in [5, 5.41) is 8.88. The molecule has 10 rings (SSSR count). The number of pyridine rings is 1. The number of rotatable bonds is 3. The number of fused-ring (bicyclic) bond motifs is 7. The Labute approximate surface area is 280 Å². The molecule has 4 aromatic rings. The van der Waals surface area contributed by atoms with E-state index < -0.39 is 17.5 Å². The summed E-state index contributed by atoms with van der Waals surface area (Å²) in [5.41, 5.74) is 1.87. The molecular weight excluding hydrogens is 642 g/mol. The molecule has 1 saturated carbocycles. The Bertz CT molecular complexity index is 1940. The minimum Gasteiger partial charge on any atom is -0.461 e. The second-order valence-corrected chi connectivity index (χ2v) is 14.6. The lowest BCUT2D eigenvalue weighted by Gasteiger charge is -2.38. The van der Waals surface area contributed by atoms with E-state index in [1.807, 2.05) is 6.07 Å². The van der Waals surface area contributed by atoms with Gasteiger partial charge in [0.05, 0.1) is 35.3 Å². The van der Waals surface area contributed by atoms with Crippen LogP contribution in [-0.2, 0) is 4.74 Å². The molecule has 0 radical (unpaired) electrons. The zero-order valence-corrected chi connectivity index (χ0v) is 27.5. The van der Waals surface area contributed by atoms with Crippen molar-refractivity contribution in [1.82, 2.24) is 34.9 Å². The number of anilines is 1. The molecule has 4 fully saturated rings. The Morgan fingerprint density at radius 3 is 2.96 bits per heavy atom. The lowest BCUT2D eigenvalue weighted by molar-refractivity contribution is 0.0912. The van der Waals surface area contributed by atoms with E-state index in [1.54, 1.807) is 24.3 Å². The average molecular weight is 679 g/mol. The summed E-state index contributed by atoms with van der Waals surface area (Å²) in [6, 6.07) is 1.72. The average Bonchev–Trinajstić information content (AvgIpc) is 3.34. The molecule has 0 unspecified atom stereocenters. The van der Waals surface area contributed by atoms with Gasteiger partial charge in [0.15, 0.2) is 5.82 Å². The van der Waals surface area contributed by atoms with Crippen molar-refractivity contribution in [1.29, 1.82) is 0 Å². The molecule has 48 heavy (non-hydrogen) atoms. The minimum absolute atomic E-state index is 0.0342. The highest BCUT2D eigenvalue weighted by molar-refractivity contribution is 6.33. The Morgan fingerprint density at radius 2 is 2.06 bits per heavy atom. The van der Waals surface area contributed by atoms with Gasteiger partial charge in [-0.2, -0.15) is 15.1 Å². The van der Waals surface area contributed by atoms with Crippen molar-refractivity contribution in [2.24, 2.45) is 5.92 Å². The molecule has 5 aliphatic heterocycles. The molecule has 0 spiro atoms. The number of nitrogens with zero attached hydrogens (tertiary/aromatic N) is 7. The number of halogens is 3. The van der Waals surface area contributed by atoms with Crippen molar-refractivity contribution in [3.63, 3.8) is 0 Å². The lowest BCUT2D eigenvalue weighted by atomic mass is 9.94. The number of aromatic nitrogens is 5. The van der Waals surface area contributed by atoms with Gasteiger partial charge >= 0.3 is 12.1 Å². The third kappa shape index (κ3) is 4.87. The highest BCUT2D eigenvalue weighted by Gasteiger charge is 2.49. The lowest BCUT2D eigenvalue weighted by Crippen LogP contribution is -2.49. The molecule has 3 aromatic heterocycles. The number of carbonyl (C=O) groups is 1. The predicted octanol–water partition coefficient (Wildman–Crippen LogP) is 5.86. The summed E-state index contributed by atoms with van der Waals surface area (Å²) < 4.78 is 43.8. The summed E-state index contributed by atoms with van der Waals surface area (Å²) in [7, 11) is 1.77. The maximum atomic E-state index is 17.2. The predicted molar refractivity (Wildman–Crippen MR) is 176 cm³/mol. The number of carbonyl (C=O) groups excluding carboxylic acids is 1. The summed E-state index contributed by atoms with van der Waals surface area (Å²) in [5.74, 6) is 0.154. The molecule has 252 valence electrons. The molecule has 1 amide bonds. The number of amides is 1. The number of hydrogen-bond donors (Lipinski definition) is 1. The molecule has 3 saturated heterocycles. The van der Waals surface area contributed by atoms with Gasteiger partial charge in [0.2, 0.25) is 0 Å². The van der Waals surface area contributed by atoms with E-state index in [0.717, 1.165) is 44.2 Å². The number of benzene rings is 1. The second kappa shape index (κ2) is 11.4. The first kappa shape index (κ1) is 30.2. The van der Waals surface area contributed by atoms with E-state index in [0.29, 0.717) is 65.2 Å². The summed E-state index contributed by atoms with van der Waals surface area (Å²) in [4.78, 5) is 33.4. The Hall–Kier alpha value is -3.84. The number of nitrogens with one attached hydrogen (secondary N) is 1. The van der Waals surface area contributed by atoms with Crippen LogP contribution in [0.2, 0.25) is 5.02 Å². The van der Waals surface area contributed by atoms with Crippen molar-refractivity contribution in [3.05, 3.63) is 34.9 Å². The number of alkyl halides is 1. The van der Waals surface area contributed by atoms with Crippen LogP contribution < -0.4 is 9.64 Å². The van der Waals surface area contributed by atoms with E-state index in [1.165, 1.54) is 0 Å². The summed E-state index contributed by atoms with van der Waals surface area (Å²) in [6.45, 7) is 2.85. The first-order valence-electron chi connectivity index (χ1n) is 17.0. The zero-order chi connectivity index (χ0) is 32.7. The third-order valence-electron chi connectivity index (χ3n) is 11.4. The van der Waals surface area contributed by atoms with Gasteiger partial charge in [-0.3, -0.25) is 15.0 Å². The highest BCUT2D eigenvalue weighted by Crippen LogP contribution is 2.56. The van der Waals surface area contributed by atoms with Gasteiger partial charge in [-0.1, -0.05) is 11.6 Å². The first-order valence-corrected chi connectivity index (χ1v) is 17.4. The van der Waals surface area contributed by atoms with E-state index in [9.17, 15) is 9.18 Å². The molecular formula is C34H37ClF2N8O3. The monoisotopic (exact) mass is 678 g/mol. The van der Waals surface area contributed by atoms with Crippen LogP contribution in [0.3, 0.4) is 0 Å². The third-order valence-corrected chi connectivity index (χ3v) is 11.7. The van der Waals surface area contributed by atoms with Gasteiger partial charge in [-0.25, -0.2) is 13.6 Å².